The molecule has 1 aliphatic rings. The second-order valence-electron chi connectivity index (χ2n) is 6.94. The third-order valence-electron chi connectivity index (χ3n) is 5.04. The number of aryl methyl sites for hydroxylation is 4. The third kappa shape index (κ3) is 3.39. The smallest absolute Gasteiger partial charge is 0.0418 e. The van der Waals surface area contributed by atoms with Crippen LogP contribution in [0.4, 0.5) is 17.1 Å². The molecule has 0 amide bonds. The fourth-order valence-electron chi connectivity index (χ4n) is 3.50. The lowest BCUT2D eigenvalue weighted by Gasteiger charge is -2.14. The minimum Gasteiger partial charge on any atom is -0.381 e. The van der Waals surface area contributed by atoms with Crippen molar-refractivity contribution in [3.63, 3.8) is 0 Å². The van der Waals surface area contributed by atoms with Gasteiger partial charge in [-0.1, -0.05) is 42.0 Å². The molecule has 2 nitrogen and oxygen atoms in total. The predicted octanol–water partition coefficient (Wildman–Crippen LogP) is 5.76. The molecule has 3 aromatic carbocycles. The van der Waals surface area contributed by atoms with Gasteiger partial charge in [0.15, 0.2) is 0 Å². The maximum absolute atomic E-state index is 3.59. The molecule has 0 radical (unpaired) electrons. The molecule has 25 heavy (non-hydrogen) atoms. The van der Waals surface area contributed by atoms with Crippen LogP contribution >= 0.6 is 0 Å². The molecule has 2 heteroatoms. The van der Waals surface area contributed by atoms with E-state index in [4.69, 9.17) is 0 Å². The van der Waals surface area contributed by atoms with Gasteiger partial charge in [0.2, 0.25) is 0 Å². The zero-order valence-corrected chi connectivity index (χ0v) is 14.9. The van der Waals surface area contributed by atoms with Gasteiger partial charge in [-0.15, -0.1) is 0 Å². The summed E-state index contributed by atoms with van der Waals surface area (Å²) in [5, 5.41) is 7.19. The molecule has 0 aromatic heterocycles. The van der Waals surface area contributed by atoms with Crippen molar-refractivity contribution in [2.75, 3.05) is 10.6 Å². The van der Waals surface area contributed by atoms with Crippen molar-refractivity contribution in [3.8, 4) is 0 Å². The van der Waals surface area contributed by atoms with Crippen LogP contribution in [0.1, 0.15) is 27.8 Å². The van der Waals surface area contributed by atoms with Crippen molar-refractivity contribution in [1.29, 1.82) is 0 Å². The standard InChI is InChI=1S/C23H24N2/c1-16-7-8-17(2)20(13-16)15-24-21-11-12-23-19(14-21)10-9-18-5-3-4-6-22(18)25-23/h3-8,11-14,24-25H,9-10,15H2,1-2H3. The van der Waals surface area contributed by atoms with E-state index in [0.717, 1.165) is 19.4 Å². The first-order valence-electron chi connectivity index (χ1n) is 8.97. The van der Waals surface area contributed by atoms with Gasteiger partial charge in [0.05, 0.1) is 0 Å². The van der Waals surface area contributed by atoms with E-state index in [2.05, 4.69) is 85.1 Å². The summed E-state index contributed by atoms with van der Waals surface area (Å²) in [6, 6.07) is 21.9. The Bertz CT molecular complexity index is 912. The van der Waals surface area contributed by atoms with Crippen molar-refractivity contribution < 1.29 is 0 Å². The number of hydrogen-bond donors (Lipinski definition) is 2. The van der Waals surface area contributed by atoms with Gasteiger partial charge in [-0.25, -0.2) is 0 Å². The first kappa shape index (κ1) is 15.8. The molecule has 0 fully saturated rings. The number of anilines is 3. The number of fused-ring (bicyclic) bond motifs is 2. The SMILES string of the molecule is Cc1ccc(C)c(CNc2ccc3c(c2)CCc2ccccc2N3)c1. The second-order valence-corrected chi connectivity index (χ2v) is 6.94. The minimum absolute atomic E-state index is 0.861. The second kappa shape index (κ2) is 6.64. The van der Waals surface area contributed by atoms with Crippen molar-refractivity contribution in [3.05, 3.63) is 88.5 Å². The molecule has 4 rings (SSSR count). The summed E-state index contributed by atoms with van der Waals surface area (Å²) in [4.78, 5) is 0. The molecule has 0 unspecified atom stereocenters. The van der Waals surface area contributed by atoms with Crippen LogP contribution in [0.15, 0.2) is 60.7 Å². The molecule has 0 saturated heterocycles. The minimum atomic E-state index is 0.861. The maximum atomic E-state index is 3.59. The molecule has 1 aliphatic heterocycles. The fraction of sp³-hybridized carbons (Fsp3) is 0.217. The summed E-state index contributed by atoms with van der Waals surface area (Å²) in [6.07, 6.45) is 2.15. The lowest BCUT2D eigenvalue weighted by Crippen LogP contribution is -2.03. The molecule has 2 N–H and O–H groups in total. The Balaban J connectivity index is 1.53. The molecule has 0 saturated carbocycles. The number of hydrogen-bond acceptors (Lipinski definition) is 2. The molecule has 0 spiro atoms. The van der Waals surface area contributed by atoms with Gasteiger partial charge in [0.25, 0.3) is 0 Å². The van der Waals surface area contributed by atoms with Crippen LogP contribution in [0.3, 0.4) is 0 Å². The van der Waals surface area contributed by atoms with E-state index in [1.807, 2.05) is 0 Å². The first-order chi connectivity index (χ1) is 12.2. The van der Waals surface area contributed by atoms with Crippen molar-refractivity contribution >= 4 is 17.1 Å². The van der Waals surface area contributed by atoms with Crippen LogP contribution < -0.4 is 10.6 Å². The highest BCUT2D eigenvalue weighted by atomic mass is 14.9. The first-order valence-corrected chi connectivity index (χ1v) is 8.97. The Morgan fingerprint density at radius 3 is 2.56 bits per heavy atom. The van der Waals surface area contributed by atoms with E-state index in [9.17, 15) is 0 Å². The highest BCUT2D eigenvalue weighted by Gasteiger charge is 2.12. The van der Waals surface area contributed by atoms with Gasteiger partial charge < -0.3 is 10.6 Å². The molecule has 3 aromatic rings. The number of rotatable bonds is 3. The lowest BCUT2D eigenvalue weighted by molar-refractivity contribution is 0.976. The average Bonchev–Trinajstić information content (AvgIpc) is 2.81. The van der Waals surface area contributed by atoms with Crippen molar-refractivity contribution in [2.45, 2.75) is 33.2 Å². The normalized spacial score (nSPS) is 12.6. The maximum Gasteiger partial charge on any atom is 0.0418 e. The number of para-hydroxylation sites is 1. The molecule has 0 atom stereocenters. The van der Waals surface area contributed by atoms with Crippen molar-refractivity contribution in [1.82, 2.24) is 0 Å². The van der Waals surface area contributed by atoms with E-state index in [1.54, 1.807) is 0 Å². The summed E-state index contributed by atoms with van der Waals surface area (Å²) in [7, 11) is 0. The van der Waals surface area contributed by atoms with Gasteiger partial charge in [-0.3, -0.25) is 0 Å². The summed E-state index contributed by atoms with van der Waals surface area (Å²) in [6.45, 7) is 5.18. The molecule has 0 aliphatic carbocycles. The van der Waals surface area contributed by atoms with Crippen LogP contribution in [-0.4, -0.2) is 0 Å². The molecular weight excluding hydrogens is 304 g/mol. The van der Waals surface area contributed by atoms with E-state index in [1.165, 1.54) is 44.9 Å². The summed E-state index contributed by atoms with van der Waals surface area (Å²) in [5.41, 5.74) is 10.4. The quantitative estimate of drug-likeness (QED) is 0.639. The molecule has 0 bridgehead atoms. The lowest BCUT2D eigenvalue weighted by atomic mass is 10.0. The number of nitrogens with one attached hydrogen (secondary N) is 2. The van der Waals surface area contributed by atoms with Crippen LogP contribution in [0.5, 0.6) is 0 Å². The fourth-order valence-corrected chi connectivity index (χ4v) is 3.50. The average molecular weight is 328 g/mol. The topological polar surface area (TPSA) is 24.1 Å². The van der Waals surface area contributed by atoms with E-state index in [0.29, 0.717) is 0 Å². The monoisotopic (exact) mass is 328 g/mol. The van der Waals surface area contributed by atoms with E-state index in [-0.39, 0.29) is 0 Å². The Morgan fingerprint density at radius 1 is 0.840 bits per heavy atom. The summed E-state index contributed by atoms with van der Waals surface area (Å²) >= 11 is 0. The Labute approximate surface area is 149 Å². The van der Waals surface area contributed by atoms with Crippen LogP contribution in [0, 0.1) is 13.8 Å². The van der Waals surface area contributed by atoms with Crippen LogP contribution in [0.25, 0.3) is 0 Å². The highest BCUT2D eigenvalue weighted by molar-refractivity contribution is 5.70. The van der Waals surface area contributed by atoms with Gasteiger partial charge in [0, 0.05) is 23.6 Å². The summed E-state index contributed by atoms with van der Waals surface area (Å²) in [5.74, 6) is 0. The predicted molar refractivity (Wildman–Crippen MR) is 107 cm³/mol. The Hall–Kier alpha value is -2.74. The zero-order chi connectivity index (χ0) is 17.2. The highest BCUT2D eigenvalue weighted by Crippen LogP contribution is 2.31. The molecule has 126 valence electrons. The van der Waals surface area contributed by atoms with Gasteiger partial charge >= 0.3 is 0 Å². The van der Waals surface area contributed by atoms with Gasteiger partial charge in [-0.2, -0.15) is 0 Å². The Morgan fingerprint density at radius 2 is 1.64 bits per heavy atom. The largest absolute Gasteiger partial charge is 0.381 e. The molecule has 1 heterocycles. The van der Waals surface area contributed by atoms with Gasteiger partial charge in [-0.05, 0) is 73.2 Å². The third-order valence-corrected chi connectivity index (χ3v) is 5.04. The number of benzene rings is 3. The van der Waals surface area contributed by atoms with E-state index < -0.39 is 0 Å². The van der Waals surface area contributed by atoms with E-state index >= 15 is 0 Å². The Kier molecular flexibility index (Phi) is 4.19. The van der Waals surface area contributed by atoms with Gasteiger partial charge in [0.1, 0.15) is 0 Å². The zero-order valence-electron chi connectivity index (χ0n) is 14.9. The van der Waals surface area contributed by atoms with Crippen molar-refractivity contribution in [2.24, 2.45) is 0 Å². The molecular formula is C23H24N2. The van der Waals surface area contributed by atoms with Crippen LogP contribution in [-0.2, 0) is 19.4 Å². The summed E-state index contributed by atoms with van der Waals surface area (Å²) < 4.78 is 0. The van der Waals surface area contributed by atoms with Crippen LogP contribution in [0.2, 0.25) is 0 Å².